The fraction of sp³-hybridized carbons (Fsp3) is 0.417. The molecule has 1 aromatic carbocycles. The molecule has 0 unspecified atom stereocenters. The minimum absolute atomic E-state index is 0.0732. The van der Waals surface area contributed by atoms with Crippen molar-refractivity contribution in [1.82, 2.24) is 0 Å². The van der Waals surface area contributed by atoms with E-state index in [1.54, 1.807) is 0 Å². The topological polar surface area (TPSA) is 35.2 Å². The highest BCUT2D eigenvalue weighted by molar-refractivity contribution is 7.80. The van der Waals surface area contributed by atoms with Gasteiger partial charge in [-0.3, -0.25) is 0 Å². The van der Waals surface area contributed by atoms with E-state index in [9.17, 15) is 13.2 Å². The predicted octanol–water partition coefficient (Wildman–Crippen LogP) is 3.37. The third-order valence-electron chi connectivity index (χ3n) is 2.14. The van der Waals surface area contributed by atoms with Crippen molar-refractivity contribution in [2.24, 2.45) is 11.7 Å². The Morgan fingerprint density at radius 2 is 2.00 bits per heavy atom. The van der Waals surface area contributed by atoms with E-state index in [0.717, 1.165) is 6.07 Å². The van der Waals surface area contributed by atoms with Crippen LogP contribution in [0.2, 0.25) is 0 Å². The number of ether oxygens (including phenoxy) is 1. The molecule has 0 aliphatic heterocycles. The van der Waals surface area contributed by atoms with Crippen molar-refractivity contribution in [3.05, 3.63) is 29.3 Å². The molecule has 0 heterocycles. The molecule has 0 bridgehead atoms. The normalized spacial score (nSPS) is 11.7. The van der Waals surface area contributed by atoms with Crippen molar-refractivity contribution in [3.63, 3.8) is 0 Å². The molecule has 1 aromatic rings. The monoisotopic (exact) mass is 277 g/mol. The van der Waals surface area contributed by atoms with E-state index in [-0.39, 0.29) is 28.8 Å². The fourth-order valence-corrected chi connectivity index (χ4v) is 1.41. The number of thiocarbonyl (C=S) groups is 1. The van der Waals surface area contributed by atoms with E-state index >= 15 is 0 Å². The first-order valence-corrected chi connectivity index (χ1v) is 5.76. The summed E-state index contributed by atoms with van der Waals surface area (Å²) in [6, 6.07) is 3.59. The van der Waals surface area contributed by atoms with Crippen molar-refractivity contribution in [3.8, 4) is 5.75 Å². The molecule has 0 radical (unpaired) electrons. The summed E-state index contributed by atoms with van der Waals surface area (Å²) in [5.41, 5.74) is 4.64. The molecule has 0 aliphatic rings. The summed E-state index contributed by atoms with van der Waals surface area (Å²) in [6.45, 7) is 3.93. The highest BCUT2D eigenvalue weighted by atomic mass is 32.1. The molecule has 2 N–H and O–H groups in total. The first kappa shape index (κ1) is 14.8. The van der Waals surface area contributed by atoms with Gasteiger partial charge in [-0.1, -0.05) is 26.1 Å². The summed E-state index contributed by atoms with van der Waals surface area (Å²) < 4.78 is 43.7. The Hall–Kier alpha value is -1.30. The summed E-state index contributed by atoms with van der Waals surface area (Å²) in [6.07, 6.45) is -4.49. The van der Waals surface area contributed by atoms with Crippen LogP contribution in [0, 0.1) is 5.92 Å². The van der Waals surface area contributed by atoms with Gasteiger partial charge in [-0.05, 0) is 24.1 Å². The van der Waals surface area contributed by atoms with Crippen LogP contribution in [0.4, 0.5) is 13.2 Å². The molecule has 0 aliphatic carbocycles. The van der Waals surface area contributed by atoms with Gasteiger partial charge < -0.3 is 10.5 Å². The van der Waals surface area contributed by atoms with Crippen LogP contribution in [-0.4, -0.2) is 11.6 Å². The maximum atomic E-state index is 12.9. The van der Waals surface area contributed by atoms with Crippen LogP contribution in [0.15, 0.2) is 18.2 Å². The van der Waals surface area contributed by atoms with E-state index in [2.05, 4.69) is 12.2 Å². The molecule has 100 valence electrons. The third kappa shape index (κ3) is 3.87. The number of hydrogen-bond donors (Lipinski definition) is 1. The Kier molecular flexibility index (Phi) is 4.56. The smallest absolute Gasteiger partial charge is 0.419 e. The fourth-order valence-electron chi connectivity index (χ4n) is 1.29. The largest absolute Gasteiger partial charge is 0.493 e. The van der Waals surface area contributed by atoms with Gasteiger partial charge in [-0.25, -0.2) is 0 Å². The first-order valence-electron chi connectivity index (χ1n) is 5.35. The van der Waals surface area contributed by atoms with E-state index in [1.165, 1.54) is 12.1 Å². The number of alkyl halides is 3. The quantitative estimate of drug-likeness (QED) is 0.857. The molecule has 0 fully saturated rings. The summed E-state index contributed by atoms with van der Waals surface area (Å²) >= 11 is 4.66. The molecule has 0 atom stereocenters. The number of hydrogen-bond acceptors (Lipinski definition) is 2. The van der Waals surface area contributed by atoms with Gasteiger partial charge in [-0.2, -0.15) is 13.2 Å². The zero-order valence-corrected chi connectivity index (χ0v) is 10.9. The van der Waals surface area contributed by atoms with Crippen LogP contribution < -0.4 is 10.5 Å². The molecule has 1 rings (SSSR count). The Morgan fingerprint density at radius 1 is 1.39 bits per heavy atom. The summed E-state index contributed by atoms with van der Waals surface area (Å²) in [5.74, 6) is -0.0578. The molecule has 0 saturated carbocycles. The van der Waals surface area contributed by atoms with Gasteiger partial charge in [0.05, 0.1) is 12.2 Å². The van der Waals surface area contributed by atoms with Crippen molar-refractivity contribution < 1.29 is 17.9 Å². The second-order valence-corrected chi connectivity index (χ2v) is 4.72. The molecule has 6 heteroatoms. The second kappa shape index (κ2) is 5.56. The lowest BCUT2D eigenvalue weighted by atomic mass is 10.1. The first-order chi connectivity index (χ1) is 8.21. The highest BCUT2D eigenvalue weighted by Gasteiger charge is 2.34. The molecule has 0 amide bonds. The van der Waals surface area contributed by atoms with Gasteiger partial charge in [0.1, 0.15) is 10.7 Å². The van der Waals surface area contributed by atoms with Crippen molar-refractivity contribution in [2.75, 3.05) is 6.61 Å². The van der Waals surface area contributed by atoms with Crippen LogP contribution in [0.3, 0.4) is 0 Å². The lowest BCUT2D eigenvalue weighted by Crippen LogP contribution is -2.15. The van der Waals surface area contributed by atoms with Gasteiger partial charge in [0.15, 0.2) is 0 Å². The van der Waals surface area contributed by atoms with Crippen molar-refractivity contribution in [2.45, 2.75) is 20.0 Å². The van der Waals surface area contributed by atoms with Gasteiger partial charge in [0.2, 0.25) is 0 Å². The SMILES string of the molecule is CC(C)COc1ccc(C(N)=S)cc1C(F)(F)F. The van der Waals surface area contributed by atoms with Crippen LogP contribution >= 0.6 is 12.2 Å². The number of benzene rings is 1. The number of rotatable bonds is 4. The average Bonchev–Trinajstić information content (AvgIpc) is 2.24. The molecule has 2 nitrogen and oxygen atoms in total. The zero-order chi connectivity index (χ0) is 13.9. The van der Waals surface area contributed by atoms with Gasteiger partial charge in [-0.15, -0.1) is 0 Å². The predicted molar refractivity (Wildman–Crippen MR) is 67.7 cm³/mol. The van der Waals surface area contributed by atoms with Crippen LogP contribution in [-0.2, 0) is 6.18 Å². The van der Waals surface area contributed by atoms with E-state index in [1.807, 2.05) is 13.8 Å². The molecule has 0 saturated heterocycles. The van der Waals surface area contributed by atoms with E-state index in [0.29, 0.717) is 0 Å². The molecule has 18 heavy (non-hydrogen) atoms. The van der Waals surface area contributed by atoms with Crippen LogP contribution in [0.25, 0.3) is 0 Å². The highest BCUT2D eigenvalue weighted by Crippen LogP contribution is 2.37. The minimum Gasteiger partial charge on any atom is -0.493 e. The van der Waals surface area contributed by atoms with Crippen molar-refractivity contribution >= 4 is 17.2 Å². The van der Waals surface area contributed by atoms with Crippen LogP contribution in [0.5, 0.6) is 5.75 Å². The molecular weight excluding hydrogens is 263 g/mol. The lowest BCUT2D eigenvalue weighted by molar-refractivity contribution is -0.139. The second-order valence-electron chi connectivity index (χ2n) is 4.28. The maximum Gasteiger partial charge on any atom is 0.419 e. The van der Waals surface area contributed by atoms with Gasteiger partial charge in [0, 0.05) is 5.56 Å². The van der Waals surface area contributed by atoms with Crippen LogP contribution in [0.1, 0.15) is 25.0 Å². The van der Waals surface area contributed by atoms with E-state index in [4.69, 9.17) is 10.5 Å². The van der Waals surface area contributed by atoms with Gasteiger partial charge in [0.25, 0.3) is 0 Å². The minimum atomic E-state index is -4.49. The van der Waals surface area contributed by atoms with Crippen molar-refractivity contribution in [1.29, 1.82) is 0 Å². The molecular formula is C12H14F3NOS. The average molecular weight is 277 g/mol. The Bertz CT molecular complexity index is 443. The number of halogens is 3. The summed E-state index contributed by atoms with van der Waals surface area (Å²) in [7, 11) is 0. The lowest BCUT2D eigenvalue weighted by Gasteiger charge is -2.16. The number of nitrogens with two attached hydrogens (primary N) is 1. The summed E-state index contributed by atoms with van der Waals surface area (Å²) in [5, 5.41) is 0. The van der Waals surface area contributed by atoms with Gasteiger partial charge >= 0.3 is 6.18 Å². The Labute approximate surface area is 109 Å². The summed E-state index contributed by atoms with van der Waals surface area (Å²) in [4.78, 5) is -0.0732. The Balaban J connectivity index is 3.13. The standard InChI is InChI=1S/C12H14F3NOS/c1-7(2)6-17-10-4-3-8(11(16)18)5-9(10)12(13,14)15/h3-5,7H,6H2,1-2H3,(H2,16,18). The van der Waals surface area contributed by atoms with E-state index < -0.39 is 11.7 Å². The Morgan fingerprint density at radius 3 is 2.44 bits per heavy atom. The molecule has 0 aromatic heterocycles. The maximum absolute atomic E-state index is 12.9. The molecule has 0 spiro atoms. The zero-order valence-electron chi connectivity index (χ0n) is 10.0. The third-order valence-corrected chi connectivity index (χ3v) is 2.38.